The highest BCUT2D eigenvalue weighted by molar-refractivity contribution is 7.10. The molecule has 0 bridgehead atoms. The largest absolute Gasteiger partial charge is 0.327 e. The summed E-state index contributed by atoms with van der Waals surface area (Å²) in [7, 11) is 0. The molecule has 3 rings (SSSR count). The number of aryl methyl sites for hydroxylation is 1. The molecule has 2 unspecified atom stereocenters. The highest BCUT2D eigenvalue weighted by Gasteiger charge is 2.26. The molecule has 0 amide bonds. The molecule has 1 aromatic carbocycles. The summed E-state index contributed by atoms with van der Waals surface area (Å²) in [6.07, 6.45) is 4.26. The van der Waals surface area contributed by atoms with Gasteiger partial charge < -0.3 is 5.73 Å². The normalized spacial score (nSPS) is 19.6. The minimum Gasteiger partial charge on any atom is -0.327 e. The lowest BCUT2D eigenvalue weighted by Crippen LogP contribution is -2.32. The van der Waals surface area contributed by atoms with Gasteiger partial charge in [-0.15, -0.1) is 11.3 Å². The summed E-state index contributed by atoms with van der Waals surface area (Å²) in [5, 5.41) is 2.33. The molecule has 0 radical (unpaired) electrons. The molecule has 0 spiro atoms. The summed E-state index contributed by atoms with van der Waals surface area (Å²) >= 11 is 7.66. The fraction of sp³-hybridized carbons (Fsp3) is 0.375. The minimum absolute atomic E-state index is 0.0603. The van der Waals surface area contributed by atoms with Gasteiger partial charge in [0.15, 0.2) is 0 Å². The molecule has 1 aliphatic carbocycles. The van der Waals surface area contributed by atoms with Crippen molar-refractivity contribution in [1.82, 2.24) is 0 Å². The van der Waals surface area contributed by atoms with Gasteiger partial charge in [-0.3, -0.25) is 0 Å². The van der Waals surface area contributed by atoms with Crippen molar-refractivity contribution >= 4 is 22.9 Å². The number of hydrogen-bond acceptors (Lipinski definition) is 2. The summed E-state index contributed by atoms with van der Waals surface area (Å²) in [4.78, 5) is 1.48. The van der Waals surface area contributed by atoms with E-state index in [1.54, 1.807) is 12.1 Å². The number of fused-ring (bicyclic) bond motifs is 1. The van der Waals surface area contributed by atoms with Gasteiger partial charge in [0, 0.05) is 16.8 Å². The van der Waals surface area contributed by atoms with Crippen molar-refractivity contribution in [3.05, 3.63) is 56.5 Å². The van der Waals surface area contributed by atoms with Crippen molar-refractivity contribution < 1.29 is 4.39 Å². The SMILES string of the molecule is NC(Cc1ccc(F)c(Cl)c1)C1CCCc2sccc21. The Bertz CT molecular complexity index is 610. The lowest BCUT2D eigenvalue weighted by molar-refractivity contribution is 0.463. The van der Waals surface area contributed by atoms with Crippen molar-refractivity contribution in [3.8, 4) is 0 Å². The number of benzene rings is 1. The van der Waals surface area contributed by atoms with Crippen molar-refractivity contribution in [2.45, 2.75) is 37.6 Å². The summed E-state index contributed by atoms with van der Waals surface area (Å²) in [5.74, 6) is 0.0376. The number of hydrogen-bond donors (Lipinski definition) is 1. The van der Waals surface area contributed by atoms with Gasteiger partial charge in [-0.25, -0.2) is 4.39 Å². The first kappa shape index (κ1) is 14.1. The third-order valence-corrected chi connectivity index (χ3v) is 5.36. The van der Waals surface area contributed by atoms with Crippen molar-refractivity contribution in [2.75, 3.05) is 0 Å². The molecule has 20 heavy (non-hydrogen) atoms. The summed E-state index contributed by atoms with van der Waals surface area (Å²) in [5.41, 5.74) is 8.83. The van der Waals surface area contributed by atoms with Crippen LogP contribution < -0.4 is 5.73 Å². The van der Waals surface area contributed by atoms with Crippen LogP contribution in [0, 0.1) is 5.82 Å². The zero-order valence-electron chi connectivity index (χ0n) is 11.1. The van der Waals surface area contributed by atoms with E-state index in [9.17, 15) is 4.39 Å². The summed E-state index contributed by atoms with van der Waals surface area (Å²) in [6.45, 7) is 0. The molecule has 2 atom stereocenters. The fourth-order valence-electron chi connectivity index (χ4n) is 3.05. The fourth-order valence-corrected chi connectivity index (χ4v) is 4.25. The molecule has 1 aliphatic rings. The van der Waals surface area contributed by atoms with Crippen LogP contribution in [-0.2, 0) is 12.8 Å². The standard InChI is InChI=1S/C16H17ClFNS/c17-13-8-10(4-5-14(13)18)9-15(19)11-2-1-3-16-12(11)6-7-20-16/h4-8,11,15H,1-3,9,19H2. The molecule has 2 N–H and O–H groups in total. The second-order valence-electron chi connectivity index (χ2n) is 5.41. The van der Waals surface area contributed by atoms with Crippen LogP contribution in [-0.4, -0.2) is 6.04 Å². The molecule has 1 heterocycles. The Morgan fingerprint density at radius 2 is 2.25 bits per heavy atom. The molecule has 1 nitrogen and oxygen atoms in total. The van der Waals surface area contributed by atoms with E-state index >= 15 is 0 Å². The average molecular weight is 310 g/mol. The zero-order chi connectivity index (χ0) is 14.1. The van der Waals surface area contributed by atoms with Crippen LogP contribution in [0.5, 0.6) is 0 Å². The maximum absolute atomic E-state index is 13.2. The molecule has 2 aromatic rings. The Hall–Kier alpha value is -0.900. The van der Waals surface area contributed by atoms with Crippen LogP contribution >= 0.6 is 22.9 Å². The molecular formula is C16H17ClFNS. The second kappa shape index (κ2) is 5.84. The molecule has 1 aromatic heterocycles. The highest BCUT2D eigenvalue weighted by atomic mass is 35.5. The van der Waals surface area contributed by atoms with Crippen LogP contribution in [0.4, 0.5) is 4.39 Å². The Balaban J connectivity index is 1.77. The topological polar surface area (TPSA) is 26.0 Å². The van der Waals surface area contributed by atoms with Gasteiger partial charge in [0.2, 0.25) is 0 Å². The first-order valence-corrected chi connectivity index (χ1v) is 8.16. The average Bonchev–Trinajstić information content (AvgIpc) is 2.91. The van der Waals surface area contributed by atoms with E-state index in [-0.39, 0.29) is 16.9 Å². The van der Waals surface area contributed by atoms with E-state index < -0.39 is 0 Å². The van der Waals surface area contributed by atoms with Gasteiger partial charge >= 0.3 is 0 Å². The van der Waals surface area contributed by atoms with Gasteiger partial charge in [0.05, 0.1) is 5.02 Å². The molecule has 0 aliphatic heterocycles. The number of thiophene rings is 1. The molecule has 106 valence electrons. The van der Waals surface area contributed by atoms with Gasteiger partial charge in [0.1, 0.15) is 5.82 Å². The van der Waals surface area contributed by atoms with Crippen LogP contribution in [0.2, 0.25) is 5.02 Å². The lowest BCUT2D eigenvalue weighted by atomic mass is 9.81. The summed E-state index contributed by atoms with van der Waals surface area (Å²) in [6, 6.07) is 7.15. The molecule has 4 heteroatoms. The second-order valence-corrected chi connectivity index (χ2v) is 6.82. The predicted molar refractivity (Wildman–Crippen MR) is 83.1 cm³/mol. The molecule has 0 saturated heterocycles. The Kier molecular flexibility index (Phi) is 4.11. The maximum Gasteiger partial charge on any atom is 0.141 e. The first-order valence-electron chi connectivity index (χ1n) is 6.91. The predicted octanol–water partition coefficient (Wildman–Crippen LogP) is 4.53. The maximum atomic E-state index is 13.2. The van der Waals surface area contributed by atoms with E-state index in [0.717, 1.165) is 18.4 Å². The number of rotatable bonds is 3. The lowest BCUT2D eigenvalue weighted by Gasteiger charge is -2.28. The van der Waals surface area contributed by atoms with Gasteiger partial charge in [-0.1, -0.05) is 17.7 Å². The van der Waals surface area contributed by atoms with Crippen LogP contribution in [0.25, 0.3) is 0 Å². The number of halogens is 2. The zero-order valence-corrected chi connectivity index (χ0v) is 12.7. The van der Waals surface area contributed by atoms with Crippen molar-refractivity contribution in [1.29, 1.82) is 0 Å². The van der Waals surface area contributed by atoms with E-state index in [4.69, 9.17) is 17.3 Å². The van der Waals surface area contributed by atoms with Gasteiger partial charge in [-0.2, -0.15) is 0 Å². The molecular weight excluding hydrogens is 293 g/mol. The van der Waals surface area contributed by atoms with Gasteiger partial charge in [-0.05, 0) is 60.4 Å². The highest BCUT2D eigenvalue weighted by Crippen LogP contribution is 2.37. The monoisotopic (exact) mass is 309 g/mol. The van der Waals surface area contributed by atoms with E-state index in [1.807, 2.05) is 11.3 Å². The van der Waals surface area contributed by atoms with Crippen molar-refractivity contribution in [3.63, 3.8) is 0 Å². The molecule has 0 fully saturated rings. The van der Waals surface area contributed by atoms with Crippen LogP contribution in [0.1, 0.15) is 34.8 Å². The smallest absolute Gasteiger partial charge is 0.141 e. The molecule has 0 saturated carbocycles. The Morgan fingerprint density at radius 1 is 1.40 bits per heavy atom. The minimum atomic E-state index is -0.373. The van der Waals surface area contributed by atoms with E-state index in [2.05, 4.69) is 11.4 Å². The van der Waals surface area contributed by atoms with E-state index in [0.29, 0.717) is 5.92 Å². The van der Waals surface area contributed by atoms with Gasteiger partial charge in [0.25, 0.3) is 0 Å². The third-order valence-electron chi connectivity index (χ3n) is 4.07. The Morgan fingerprint density at radius 3 is 3.05 bits per heavy atom. The van der Waals surface area contributed by atoms with Crippen molar-refractivity contribution in [2.24, 2.45) is 5.73 Å². The Labute approximate surface area is 127 Å². The van der Waals surface area contributed by atoms with E-state index in [1.165, 1.54) is 29.3 Å². The third kappa shape index (κ3) is 2.76. The van der Waals surface area contributed by atoms with Crippen LogP contribution in [0.15, 0.2) is 29.6 Å². The summed E-state index contributed by atoms with van der Waals surface area (Å²) < 4.78 is 13.2. The first-order chi connectivity index (χ1) is 9.65. The van der Waals surface area contributed by atoms with Crippen LogP contribution in [0.3, 0.4) is 0 Å². The quantitative estimate of drug-likeness (QED) is 0.885. The number of nitrogens with two attached hydrogens (primary N) is 1.